The Morgan fingerprint density at radius 2 is 0.945 bits per heavy atom. The molecular weight excluding hydrogens is 683 g/mol. The SMILES string of the molecule is CCCCCCCCC(=O)OCC(C)(C)CCCCCCN(CCCO)CCCCCCC(C)(C)C(=O)OC(CCCCCCCC)CCCCCCCC. The van der Waals surface area contributed by atoms with E-state index in [0.717, 1.165) is 77.4 Å². The zero-order chi connectivity index (χ0) is 40.9. The summed E-state index contributed by atoms with van der Waals surface area (Å²) in [7, 11) is 0. The van der Waals surface area contributed by atoms with Crippen LogP contribution in [0.4, 0.5) is 0 Å². The summed E-state index contributed by atoms with van der Waals surface area (Å²) in [6.45, 7) is 19.3. The zero-order valence-corrected chi connectivity index (χ0v) is 38.3. The molecule has 0 aliphatic carbocycles. The van der Waals surface area contributed by atoms with Crippen LogP contribution < -0.4 is 0 Å². The first kappa shape index (κ1) is 53.9. The van der Waals surface area contributed by atoms with Gasteiger partial charge < -0.3 is 19.5 Å². The predicted molar refractivity (Wildman–Crippen MR) is 237 cm³/mol. The summed E-state index contributed by atoms with van der Waals surface area (Å²) in [6.07, 6.45) is 37.3. The van der Waals surface area contributed by atoms with Gasteiger partial charge in [-0.05, 0) is 96.6 Å². The second-order valence-corrected chi connectivity index (χ2v) is 18.6. The summed E-state index contributed by atoms with van der Waals surface area (Å²) in [4.78, 5) is 28.1. The van der Waals surface area contributed by atoms with E-state index < -0.39 is 5.41 Å². The fourth-order valence-corrected chi connectivity index (χ4v) is 7.63. The molecule has 328 valence electrons. The molecule has 6 heteroatoms. The number of hydrogen-bond donors (Lipinski definition) is 1. The second-order valence-electron chi connectivity index (χ2n) is 18.6. The molecule has 0 saturated heterocycles. The van der Waals surface area contributed by atoms with Crippen LogP contribution in [0.3, 0.4) is 0 Å². The molecule has 0 aliphatic heterocycles. The summed E-state index contributed by atoms with van der Waals surface area (Å²) in [5.74, 6) is -0.0214. The van der Waals surface area contributed by atoms with Gasteiger partial charge in [0.2, 0.25) is 0 Å². The molecule has 0 amide bonds. The van der Waals surface area contributed by atoms with Crippen LogP contribution in [0.15, 0.2) is 0 Å². The molecule has 6 nitrogen and oxygen atoms in total. The van der Waals surface area contributed by atoms with Crippen molar-refractivity contribution < 1.29 is 24.2 Å². The van der Waals surface area contributed by atoms with Crippen molar-refractivity contribution in [3.63, 3.8) is 0 Å². The van der Waals surface area contributed by atoms with Gasteiger partial charge in [0, 0.05) is 19.6 Å². The van der Waals surface area contributed by atoms with E-state index in [2.05, 4.69) is 53.4 Å². The summed E-state index contributed by atoms with van der Waals surface area (Å²) in [6, 6.07) is 0. The minimum Gasteiger partial charge on any atom is -0.465 e. The van der Waals surface area contributed by atoms with E-state index in [1.54, 1.807) is 0 Å². The Hall–Kier alpha value is -1.14. The number of ether oxygens (including phenoxy) is 2. The quantitative estimate of drug-likeness (QED) is 0.0491. The van der Waals surface area contributed by atoms with Gasteiger partial charge in [-0.3, -0.25) is 9.59 Å². The van der Waals surface area contributed by atoms with Crippen LogP contribution >= 0.6 is 0 Å². The third-order valence-corrected chi connectivity index (χ3v) is 11.7. The van der Waals surface area contributed by atoms with Crippen LogP contribution in [0.25, 0.3) is 0 Å². The summed E-state index contributed by atoms with van der Waals surface area (Å²) >= 11 is 0. The maximum absolute atomic E-state index is 13.4. The van der Waals surface area contributed by atoms with Crippen molar-refractivity contribution in [1.29, 1.82) is 0 Å². The van der Waals surface area contributed by atoms with Crippen molar-refractivity contribution in [2.24, 2.45) is 10.8 Å². The third kappa shape index (κ3) is 34.6. The molecule has 0 aromatic carbocycles. The maximum Gasteiger partial charge on any atom is 0.311 e. The van der Waals surface area contributed by atoms with Crippen LogP contribution in [-0.4, -0.2) is 60.9 Å². The lowest BCUT2D eigenvalue weighted by atomic mass is 9.86. The van der Waals surface area contributed by atoms with Crippen LogP contribution in [0.5, 0.6) is 0 Å². The van der Waals surface area contributed by atoms with E-state index in [-0.39, 0.29) is 30.1 Å². The van der Waals surface area contributed by atoms with Crippen molar-refractivity contribution >= 4 is 11.9 Å². The van der Waals surface area contributed by atoms with Crippen molar-refractivity contribution in [1.82, 2.24) is 4.90 Å². The highest BCUT2D eigenvalue weighted by molar-refractivity contribution is 5.76. The number of esters is 2. The Balaban J connectivity index is 4.39. The average Bonchev–Trinajstić information content (AvgIpc) is 3.16. The van der Waals surface area contributed by atoms with Gasteiger partial charge in [0.1, 0.15) is 6.10 Å². The molecule has 0 spiro atoms. The number of unbranched alkanes of at least 4 members (excludes halogenated alkanes) is 21. The predicted octanol–water partition coefficient (Wildman–Crippen LogP) is 14.3. The van der Waals surface area contributed by atoms with Crippen molar-refractivity contribution in [2.75, 3.05) is 32.8 Å². The number of nitrogens with zero attached hydrogens (tertiary/aromatic N) is 1. The number of rotatable bonds is 42. The van der Waals surface area contributed by atoms with Gasteiger partial charge >= 0.3 is 11.9 Å². The zero-order valence-electron chi connectivity index (χ0n) is 38.3. The molecular formula is C49H97NO5. The Morgan fingerprint density at radius 3 is 1.45 bits per heavy atom. The van der Waals surface area contributed by atoms with E-state index in [1.165, 1.54) is 141 Å². The van der Waals surface area contributed by atoms with Crippen LogP contribution in [-0.2, 0) is 19.1 Å². The number of carbonyl (C=O) groups is 2. The molecule has 0 bridgehead atoms. The Bertz CT molecular complexity index is 842. The highest BCUT2D eigenvalue weighted by Gasteiger charge is 2.31. The number of aliphatic hydroxyl groups is 1. The van der Waals surface area contributed by atoms with Crippen molar-refractivity contribution in [2.45, 2.75) is 260 Å². The number of carbonyl (C=O) groups excluding carboxylic acids is 2. The summed E-state index contributed by atoms with van der Waals surface area (Å²) in [5.41, 5.74) is -0.400. The largest absolute Gasteiger partial charge is 0.465 e. The van der Waals surface area contributed by atoms with Gasteiger partial charge in [-0.1, -0.05) is 169 Å². The van der Waals surface area contributed by atoms with Crippen molar-refractivity contribution in [3.05, 3.63) is 0 Å². The maximum atomic E-state index is 13.4. The molecule has 0 radical (unpaired) electrons. The molecule has 1 N–H and O–H groups in total. The first-order chi connectivity index (χ1) is 26.5. The highest BCUT2D eigenvalue weighted by Crippen LogP contribution is 2.29. The van der Waals surface area contributed by atoms with Crippen LogP contribution in [0, 0.1) is 10.8 Å². The first-order valence-electron chi connectivity index (χ1n) is 24.2. The van der Waals surface area contributed by atoms with E-state index in [0.29, 0.717) is 13.0 Å². The molecule has 0 heterocycles. The Morgan fingerprint density at radius 1 is 0.527 bits per heavy atom. The molecule has 0 aromatic rings. The van der Waals surface area contributed by atoms with E-state index in [1.807, 2.05) is 0 Å². The monoisotopic (exact) mass is 780 g/mol. The number of hydrogen-bond acceptors (Lipinski definition) is 6. The van der Waals surface area contributed by atoms with Gasteiger partial charge in [0.05, 0.1) is 12.0 Å². The minimum atomic E-state index is -0.430. The lowest BCUT2D eigenvalue weighted by molar-refractivity contribution is -0.161. The minimum absolute atomic E-state index is 0.00967. The van der Waals surface area contributed by atoms with Gasteiger partial charge in [0.15, 0.2) is 0 Å². The number of aliphatic hydroxyl groups excluding tert-OH is 1. The van der Waals surface area contributed by atoms with Crippen LogP contribution in [0.2, 0.25) is 0 Å². The summed E-state index contributed by atoms with van der Waals surface area (Å²) in [5, 5.41) is 9.48. The van der Waals surface area contributed by atoms with Crippen LogP contribution in [0.1, 0.15) is 254 Å². The Kier molecular flexibility index (Phi) is 36.4. The standard InChI is InChI=1S/C49H97NO5/c1-8-11-14-17-20-27-35-45(36-28-21-18-15-12-9-2)55-47(53)49(6,7)39-31-24-26-33-41-50(42-34-43-51)40-32-25-23-30-38-48(4,5)44-54-46(52)37-29-22-19-16-13-10-3/h45,51H,8-44H2,1-7H3. The van der Waals surface area contributed by atoms with Gasteiger partial charge in [-0.25, -0.2) is 0 Å². The topological polar surface area (TPSA) is 76.1 Å². The molecule has 0 unspecified atom stereocenters. The van der Waals surface area contributed by atoms with E-state index in [9.17, 15) is 14.7 Å². The average molecular weight is 780 g/mol. The van der Waals surface area contributed by atoms with E-state index >= 15 is 0 Å². The molecule has 55 heavy (non-hydrogen) atoms. The van der Waals surface area contributed by atoms with Crippen molar-refractivity contribution in [3.8, 4) is 0 Å². The fraction of sp³-hybridized carbons (Fsp3) is 0.959. The molecule has 0 rings (SSSR count). The summed E-state index contributed by atoms with van der Waals surface area (Å²) < 4.78 is 11.9. The van der Waals surface area contributed by atoms with E-state index in [4.69, 9.17) is 9.47 Å². The molecule has 0 aliphatic rings. The van der Waals surface area contributed by atoms with Gasteiger partial charge in [0.25, 0.3) is 0 Å². The lowest BCUT2D eigenvalue weighted by Gasteiger charge is -2.27. The fourth-order valence-electron chi connectivity index (χ4n) is 7.63. The highest BCUT2D eigenvalue weighted by atomic mass is 16.5. The molecule has 0 aromatic heterocycles. The molecule has 0 fully saturated rings. The third-order valence-electron chi connectivity index (χ3n) is 11.7. The second kappa shape index (κ2) is 37.2. The smallest absolute Gasteiger partial charge is 0.311 e. The van der Waals surface area contributed by atoms with Gasteiger partial charge in [-0.15, -0.1) is 0 Å². The normalized spacial score (nSPS) is 12.3. The molecule has 0 atom stereocenters. The van der Waals surface area contributed by atoms with Gasteiger partial charge in [-0.2, -0.15) is 0 Å². The first-order valence-corrected chi connectivity index (χ1v) is 24.2. The lowest BCUT2D eigenvalue weighted by Crippen LogP contribution is -2.31. The molecule has 0 saturated carbocycles. The Labute approximate surface area is 343 Å².